The zero-order valence-electron chi connectivity index (χ0n) is 10.3. The highest BCUT2D eigenvalue weighted by Crippen LogP contribution is 2.27. The molecule has 0 spiro atoms. The Kier molecular flexibility index (Phi) is 3.47. The fraction of sp³-hybridized carbons (Fsp3) is 0.308. The Morgan fingerprint density at radius 3 is 3.15 bits per heavy atom. The van der Waals surface area contributed by atoms with E-state index in [1.165, 1.54) is 22.6 Å². The van der Waals surface area contributed by atoms with Crippen LogP contribution < -0.4 is 0 Å². The highest BCUT2D eigenvalue weighted by molar-refractivity contribution is 7.19. The number of hydrogen-bond acceptors (Lipinski definition) is 4. The summed E-state index contributed by atoms with van der Waals surface area (Å²) >= 11 is 7.41. The maximum absolute atomic E-state index is 11.0. The SMILES string of the molecule is O=C(O)N1CCC[C@H]1C#Cc1cc2c(Cl)ncnc2s1. The second-order valence-electron chi connectivity index (χ2n) is 4.40. The molecule has 2 aromatic heterocycles. The van der Waals surface area contributed by atoms with Crippen molar-refractivity contribution in [1.29, 1.82) is 0 Å². The van der Waals surface area contributed by atoms with E-state index in [1.54, 1.807) is 0 Å². The van der Waals surface area contributed by atoms with Crippen molar-refractivity contribution in [1.82, 2.24) is 14.9 Å². The van der Waals surface area contributed by atoms with Gasteiger partial charge in [-0.3, -0.25) is 4.90 Å². The van der Waals surface area contributed by atoms with E-state index in [0.29, 0.717) is 11.7 Å². The van der Waals surface area contributed by atoms with Gasteiger partial charge in [-0.15, -0.1) is 11.3 Å². The summed E-state index contributed by atoms with van der Waals surface area (Å²) < 4.78 is 0. The molecular formula is C13H10ClN3O2S. The van der Waals surface area contributed by atoms with Crippen LogP contribution in [0.5, 0.6) is 0 Å². The molecule has 1 aliphatic heterocycles. The maximum atomic E-state index is 11.0. The van der Waals surface area contributed by atoms with Crippen molar-refractivity contribution in [3.63, 3.8) is 0 Å². The molecule has 5 nitrogen and oxygen atoms in total. The van der Waals surface area contributed by atoms with E-state index in [2.05, 4.69) is 21.8 Å². The predicted octanol–water partition coefficient (Wildman–Crippen LogP) is 2.84. The lowest BCUT2D eigenvalue weighted by Crippen LogP contribution is -2.33. The van der Waals surface area contributed by atoms with Crippen molar-refractivity contribution < 1.29 is 9.90 Å². The number of aromatic nitrogens is 2. The van der Waals surface area contributed by atoms with Gasteiger partial charge in [-0.05, 0) is 18.9 Å². The summed E-state index contributed by atoms with van der Waals surface area (Å²) in [6, 6.07) is 1.62. The summed E-state index contributed by atoms with van der Waals surface area (Å²) in [5, 5.41) is 10.2. The molecule has 0 aliphatic carbocycles. The summed E-state index contributed by atoms with van der Waals surface area (Å²) in [4.78, 5) is 22.1. The minimum absolute atomic E-state index is 0.223. The molecule has 1 fully saturated rings. The molecule has 1 aliphatic rings. The number of likely N-dealkylation sites (tertiary alicyclic amines) is 1. The Morgan fingerprint density at radius 2 is 2.40 bits per heavy atom. The average molecular weight is 308 g/mol. The minimum atomic E-state index is -0.910. The lowest BCUT2D eigenvalue weighted by Gasteiger charge is -2.15. The van der Waals surface area contributed by atoms with Gasteiger partial charge in [0.2, 0.25) is 0 Å². The summed E-state index contributed by atoms with van der Waals surface area (Å²) in [5.74, 6) is 6.05. The molecule has 3 rings (SSSR count). The molecule has 0 radical (unpaired) electrons. The Labute approximate surface area is 124 Å². The topological polar surface area (TPSA) is 66.3 Å². The van der Waals surface area contributed by atoms with Crippen LogP contribution in [0.15, 0.2) is 12.4 Å². The molecule has 1 atom stereocenters. The highest BCUT2D eigenvalue weighted by atomic mass is 35.5. The molecule has 102 valence electrons. The van der Waals surface area contributed by atoms with Crippen LogP contribution in [0.1, 0.15) is 17.7 Å². The van der Waals surface area contributed by atoms with Gasteiger partial charge < -0.3 is 5.11 Å². The number of rotatable bonds is 0. The molecule has 0 aromatic carbocycles. The first-order valence-electron chi connectivity index (χ1n) is 6.06. The monoisotopic (exact) mass is 307 g/mol. The molecular weight excluding hydrogens is 298 g/mol. The van der Waals surface area contributed by atoms with Gasteiger partial charge in [0.05, 0.1) is 16.3 Å². The summed E-state index contributed by atoms with van der Waals surface area (Å²) in [6.07, 6.45) is 2.15. The number of carboxylic acid groups (broad SMARTS) is 1. The fourth-order valence-electron chi connectivity index (χ4n) is 2.19. The third kappa shape index (κ3) is 2.42. The number of halogens is 1. The molecule has 1 saturated heterocycles. The molecule has 7 heteroatoms. The Bertz CT molecular complexity index is 734. The largest absolute Gasteiger partial charge is 0.465 e. The molecule has 0 bridgehead atoms. The first-order valence-corrected chi connectivity index (χ1v) is 7.26. The number of thiophene rings is 1. The standard InChI is InChI=1S/C13H10ClN3O2S/c14-11-10-6-9(20-12(10)16-7-15-11)4-3-8-2-1-5-17(8)13(18)19/h6-8H,1-2,5H2,(H,18,19)/t8-/m0/s1. The first-order chi connectivity index (χ1) is 9.65. The highest BCUT2D eigenvalue weighted by Gasteiger charge is 2.26. The maximum Gasteiger partial charge on any atom is 0.408 e. The van der Waals surface area contributed by atoms with Crippen LogP contribution in [0.2, 0.25) is 5.15 Å². The van der Waals surface area contributed by atoms with Crippen molar-refractivity contribution in [2.45, 2.75) is 18.9 Å². The average Bonchev–Trinajstić information content (AvgIpc) is 3.03. The van der Waals surface area contributed by atoms with Crippen molar-refractivity contribution in [2.75, 3.05) is 6.54 Å². The van der Waals surface area contributed by atoms with Gasteiger partial charge in [-0.2, -0.15) is 0 Å². The van der Waals surface area contributed by atoms with E-state index in [4.69, 9.17) is 16.7 Å². The number of fused-ring (bicyclic) bond motifs is 1. The molecule has 1 N–H and O–H groups in total. The van der Waals surface area contributed by atoms with E-state index >= 15 is 0 Å². The minimum Gasteiger partial charge on any atom is -0.465 e. The summed E-state index contributed by atoms with van der Waals surface area (Å²) in [5.41, 5.74) is 0. The van der Waals surface area contributed by atoms with Crippen LogP contribution in [0.4, 0.5) is 4.79 Å². The van der Waals surface area contributed by atoms with Crippen molar-refractivity contribution in [2.24, 2.45) is 0 Å². The van der Waals surface area contributed by atoms with Gasteiger partial charge in [0.25, 0.3) is 0 Å². The smallest absolute Gasteiger partial charge is 0.408 e. The zero-order valence-corrected chi connectivity index (χ0v) is 11.9. The Hall–Kier alpha value is -1.84. The van der Waals surface area contributed by atoms with Crippen LogP contribution in [0, 0.1) is 11.8 Å². The Morgan fingerprint density at radius 1 is 1.55 bits per heavy atom. The predicted molar refractivity (Wildman–Crippen MR) is 77.1 cm³/mol. The van der Waals surface area contributed by atoms with E-state index in [9.17, 15) is 4.79 Å². The van der Waals surface area contributed by atoms with Crippen molar-refractivity contribution in [3.05, 3.63) is 22.4 Å². The van der Waals surface area contributed by atoms with Crippen LogP contribution in [0.3, 0.4) is 0 Å². The van der Waals surface area contributed by atoms with E-state index in [1.807, 2.05) is 6.07 Å². The molecule has 3 heterocycles. The fourth-order valence-corrected chi connectivity index (χ4v) is 3.29. The quantitative estimate of drug-likeness (QED) is 0.600. The van der Waals surface area contributed by atoms with Gasteiger partial charge in [0.1, 0.15) is 16.3 Å². The molecule has 0 saturated carbocycles. The van der Waals surface area contributed by atoms with Crippen molar-refractivity contribution >= 4 is 39.2 Å². The zero-order chi connectivity index (χ0) is 14.1. The molecule has 0 unspecified atom stereocenters. The van der Waals surface area contributed by atoms with Crippen molar-refractivity contribution in [3.8, 4) is 11.8 Å². The van der Waals surface area contributed by atoms with E-state index < -0.39 is 6.09 Å². The number of hydrogen-bond donors (Lipinski definition) is 1. The number of nitrogens with zero attached hydrogens (tertiary/aromatic N) is 3. The lowest BCUT2D eigenvalue weighted by molar-refractivity contribution is 0.148. The van der Waals surface area contributed by atoms with Crippen LogP contribution in [-0.2, 0) is 0 Å². The third-order valence-electron chi connectivity index (χ3n) is 3.14. The van der Waals surface area contributed by atoms with Crippen LogP contribution in [0.25, 0.3) is 10.2 Å². The molecule has 2 aromatic rings. The van der Waals surface area contributed by atoms with Gasteiger partial charge in [-0.25, -0.2) is 14.8 Å². The normalized spacial score (nSPS) is 18.1. The summed E-state index contributed by atoms with van der Waals surface area (Å²) in [7, 11) is 0. The Balaban J connectivity index is 1.88. The third-order valence-corrected chi connectivity index (χ3v) is 4.40. The van der Waals surface area contributed by atoms with Crippen LogP contribution in [-0.4, -0.2) is 38.7 Å². The van der Waals surface area contributed by atoms with Gasteiger partial charge in [0.15, 0.2) is 0 Å². The van der Waals surface area contributed by atoms with Gasteiger partial charge in [0, 0.05) is 6.54 Å². The van der Waals surface area contributed by atoms with E-state index in [-0.39, 0.29) is 6.04 Å². The number of carbonyl (C=O) groups is 1. The van der Waals surface area contributed by atoms with Crippen LogP contribution >= 0.6 is 22.9 Å². The summed E-state index contributed by atoms with van der Waals surface area (Å²) in [6.45, 7) is 0.554. The first kappa shape index (κ1) is 13.2. The second kappa shape index (κ2) is 5.27. The second-order valence-corrected chi connectivity index (χ2v) is 5.79. The van der Waals surface area contributed by atoms with Gasteiger partial charge in [-0.1, -0.05) is 23.4 Å². The molecule has 1 amide bonds. The molecule has 20 heavy (non-hydrogen) atoms. The van der Waals surface area contributed by atoms with Gasteiger partial charge >= 0.3 is 6.09 Å². The lowest BCUT2D eigenvalue weighted by atomic mass is 10.2. The van der Waals surface area contributed by atoms with E-state index in [0.717, 1.165) is 27.9 Å². The number of amides is 1.